The number of halogens is 2. The van der Waals surface area contributed by atoms with E-state index in [9.17, 15) is 0 Å². The Balaban J connectivity index is 1.97. The Labute approximate surface area is 132 Å². The van der Waals surface area contributed by atoms with E-state index in [4.69, 9.17) is 23.2 Å². The van der Waals surface area contributed by atoms with E-state index < -0.39 is 0 Å². The lowest BCUT2D eigenvalue weighted by Gasteiger charge is -2.10. The fourth-order valence-electron chi connectivity index (χ4n) is 2.32. The van der Waals surface area contributed by atoms with Crippen LogP contribution in [0.2, 0.25) is 5.02 Å². The van der Waals surface area contributed by atoms with E-state index in [1.54, 1.807) is 12.3 Å². The number of nitrogens with zero attached hydrogens (tertiary/aromatic N) is 5. The summed E-state index contributed by atoms with van der Waals surface area (Å²) in [7, 11) is 0. The molecular formula is C14H15Cl2N5. The number of hydrogen-bond acceptors (Lipinski definition) is 3. The Morgan fingerprint density at radius 2 is 2.10 bits per heavy atom. The van der Waals surface area contributed by atoms with Crippen LogP contribution in [0.25, 0.3) is 11.2 Å². The van der Waals surface area contributed by atoms with Gasteiger partial charge in [0.05, 0.1) is 23.1 Å². The highest BCUT2D eigenvalue weighted by molar-refractivity contribution is 6.31. The van der Waals surface area contributed by atoms with Crippen molar-refractivity contribution in [2.24, 2.45) is 0 Å². The van der Waals surface area contributed by atoms with Crippen LogP contribution in [0.5, 0.6) is 0 Å². The fraction of sp³-hybridized carbons (Fsp3) is 0.357. The molecule has 3 aromatic heterocycles. The van der Waals surface area contributed by atoms with Crippen LogP contribution < -0.4 is 0 Å². The van der Waals surface area contributed by atoms with Gasteiger partial charge in [0.25, 0.3) is 0 Å². The molecule has 5 nitrogen and oxygen atoms in total. The summed E-state index contributed by atoms with van der Waals surface area (Å²) in [5, 5.41) is 4.67. The number of pyridine rings is 1. The van der Waals surface area contributed by atoms with E-state index >= 15 is 0 Å². The molecule has 21 heavy (non-hydrogen) atoms. The number of alkyl halides is 1. The number of aromatic nitrogens is 5. The summed E-state index contributed by atoms with van der Waals surface area (Å²) in [4.78, 5) is 8.93. The summed E-state index contributed by atoms with van der Waals surface area (Å²) < 4.78 is 3.93. The summed E-state index contributed by atoms with van der Waals surface area (Å²) in [6.07, 6.45) is 5.48. The molecule has 7 heteroatoms. The Bertz CT molecular complexity index is 775. The van der Waals surface area contributed by atoms with Gasteiger partial charge in [-0.3, -0.25) is 4.68 Å². The lowest BCUT2D eigenvalue weighted by atomic mass is 10.4. The third-order valence-corrected chi connectivity index (χ3v) is 3.65. The molecule has 3 aromatic rings. The lowest BCUT2D eigenvalue weighted by Crippen LogP contribution is -2.11. The van der Waals surface area contributed by atoms with Crippen molar-refractivity contribution in [3.8, 4) is 0 Å². The van der Waals surface area contributed by atoms with Crippen LogP contribution in [-0.2, 0) is 13.1 Å². The van der Waals surface area contributed by atoms with Crippen molar-refractivity contribution in [2.75, 3.05) is 0 Å². The molecule has 0 N–H and O–H groups in total. The highest BCUT2D eigenvalue weighted by Gasteiger charge is 2.16. The normalized spacial score (nSPS) is 13.0. The first-order chi connectivity index (χ1) is 10.0. The minimum atomic E-state index is -0.197. The summed E-state index contributed by atoms with van der Waals surface area (Å²) in [5.74, 6) is 0.797. The van der Waals surface area contributed by atoms with Crippen molar-refractivity contribution in [3.63, 3.8) is 0 Å². The van der Waals surface area contributed by atoms with Crippen LogP contribution in [0.3, 0.4) is 0 Å². The van der Waals surface area contributed by atoms with Crippen molar-refractivity contribution in [1.82, 2.24) is 24.3 Å². The van der Waals surface area contributed by atoms with Gasteiger partial charge in [-0.2, -0.15) is 5.10 Å². The fourth-order valence-corrected chi connectivity index (χ4v) is 2.64. The number of aryl methyl sites for hydroxylation is 3. The van der Waals surface area contributed by atoms with Gasteiger partial charge < -0.3 is 4.57 Å². The zero-order valence-corrected chi connectivity index (χ0v) is 13.3. The van der Waals surface area contributed by atoms with Crippen molar-refractivity contribution < 1.29 is 0 Å². The molecule has 0 fully saturated rings. The lowest BCUT2D eigenvalue weighted by molar-refractivity contribution is 0.526. The second-order valence-corrected chi connectivity index (χ2v) is 6.11. The largest absolute Gasteiger partial charge is 0.310 e. The van der Waals surface area contributed by atoms with Crippen LogP contribution >= 0.6 is 23.2 Å². The first-order valence-corrected chi connectivity index (χ1v) is 7.51. The van der Waals surface area contributed by atoms with E-state index in [0.29, 0.717) is 11.6 Å². The average Bonchev–Trinajstić information content (AvgIpc) is 2.99. The third kappa shape index (κ3) is 2.89. The molecule has 0 aliphatic rings. The molecule has 0 aliphatic carbocycles. The molecule has 3 heterocycles. The maximum absolute atomic E-state index is 6.24. The summed E-state index contributed by atoms with van der Waals surface area (Å²) in [6, 6.07) is 1.81. The first kappa shape index (κ1) is 14.4. The standard InChI is InChI=1S/C14H15Cl2N5/c1-9-6-18-20(8-9)3-4-21-13(10(2)15)19-12-5-11(16)7-17-14(12)21/h5-8,10H,3-4H2,1-2H3. The number of hydrogen-bond donors (Lipinski definition) is 0. The van der Waals surface area contributed by atoms with E-state index in [0.717, 1.165) is 29.1 Å². The van der Waals surface area contributed by atoms with Crippen molar-refractivity contribution in [1.29, 1.82) is 0 Å². The Morgan fingerprint density at radius 1 is 1.29 bits per heavy atom. The van der Waals surface area contributed by atoms with Gasteiger partial charge in [-0.15, -0.1) is 11.6 Å². The van der Waals surface area contributed by atoms with Crippen LogP contribution in [-0.4, -0.2) is 24.3 Å². The van der Waals surface area contributed by atoms with Gasteiger partial charge in [-0.25, -0.2) is 9.97 Å². The zero-order valence-electron chi connectivity index (χ0n) is 11.8. The second kappa shape index (κ2) is 5.66. The molecule has 0 saturated carbocycles. The summed E-state index contributed by atoms with van der Waals surface area (Å²) >= 11 is 12.2. The highest BCUT2D eigenvalue weighted by Crippen LogP contribution is 2.25. The predicted octanol–water partition coefficient (Wildman–Crippen LogP) is 3.59. The van der Waals surface area contributed by atoms with Gasteiger partial charge in [-0.1, -0.05) is 11.6 Å². The SMILES string of the molecule is Cc1cnn(CCn2c(C(C)Cl)nc3cc(Cl)cnc32)c1. The zero-order chi connectivity index (χ0) is 15.0. The van der Waals surface area contributed by atoms with Gasteiger partial charge in [0, 0.05) is 18.9 Å². The quantitative estimate of drug-likeness (QED) is 0.689. The molecule has 0 aromatic carbocycles. The van der Waals surface area contributed by atoms with Crippen molar-refractivity contribution in [3.05, 3.63) is 41.1 Å². The maximum Gasteiger partial charge on any atom is 0.160 e. The van der Waals surface area contributed by atoms with Crippen LogP contribution in [0.4, 0.5) is 0 Å². The van der Waals surface area contributed by atoms with E-state index in [1.807, 2.05) is 35.5 Å². The Hall–Kier alpha value is -1.59. The highest BCUT2D eigenvalue weighted by atomic mass is 35.5. The van der Waals surface area contributed by atoms with E-state index in [2.05, 4.69) is 15.1 Å². The summed E-state index contributed by atoms with van der Waals surface area (Å²) in [6.45, 7) is 5.36. The number of fused-ring (bicyclic) bond motifs is 1. The van der Waals surface area contributed by atoms with Gasteiger partial charge >= 0.3 is 0 Å². The third-order valence-electron chi connectivity index (χ3n) is 3.25. The van der Waals surface area contributed by atoms with Crippen LogP contribution in [0, 0.1) is 6.92 Å². The minimum absolute atomic E-state index is 0.197. The monoisotopic (exact) mass is 323 g/mol. The average molecular weight is 324 g/mol. The molecule has 1 unspecified atom stereocenters. The van der Waals surface area contributed by atoms with Gasteiger partial charge in [0.15, 0.2) is 5.65 Å². The van der Waals surface area contributed by atoms with Crippen molar-refractivity contribution >= 4 is 34.4 Å². The topological polar surface area (TPSA) is 48.5 Å². The smallest absolute Gasteiger partial charge is 0.160 e. The molecule has 0 bridgehead atoms. The number of imidazole rings is 1. The predicted molar refractivity (Wildman–Crippen MR) is 83.8 cm³/mol. The molecule has 110 valence electrons. The Morgan fingerprint density at radius 3 is 2.76 bits per heavy atom. The van der Waals surface area contributed by atoms with Crippen LogP contribution in [0.1, 0.15) is 23.7 Å². The second-order valence-electron chi connectivity index (χ2n) is 5.01. The van der Waals surface area contributed by atoms with Gasteiger partial charge in [0.2, 0.25) is 0 Å². The molecule has 0 amide bonds. The maximum atomic E-state index is 6.24. The van der Waals surface area contributed by atoms with E-state index in [1.165, 1.54) is 0 Å². The Kier molecular flexibility index (Phi) is 3.87. The van der Waals surface area contributed by atoms with Crippen LogP contribution in [0.15, 0.2) is 24.7 Å². The molecule has 1 atom stereocenters. The molecule has 0 aliphatic heterocycles. The van der Waals surface area contributed by atoms with Crippen molar-refractivity contribution in [2.45, 2.75) is 32.3 Å². The van der Waals surface area contributed by atoms with Gasteiger partial charge in [0.1, 0.15) is 11.3 Å². The first-order valence-electron chi connectivity index (χ1n) is 6.69. The minimum Gasteiger partial charge on any atom is -0.310 e. The van der Waals surface area contributed by atoms with Gasteiger partial charge in [-0.05, 0) is 25.5 Å². The number of rotatable bonds is 4. The van der Waals surface area contributed by atoms with E-state index in [-0.39, 0.29) is 5.38 Å². The molecule has 0 saturated heterocycles. The molecule has 0 radical (unpaired) electrons. The molecule has 3 rings (SSSR count). The summed E-state index contributed by atoms with van der Waals surface area (Å²) in [5.41, 5.74) is 2.70. The molecular weight excluding hydrogens is 309 g/mol. The molecule has 0 spiro atoms.